The standard InChI is InChI=1S/C15H28O/c16-15-13-11-9-7-5-3-1-2-4-6-8-10-12-14-15/h5,7,15-16H,1-4,6,8-14H2/b7-5-/t15-/m1/s1. The SMILES string of the molecule is O[C@@H]1CCC/C=C\CCCCCCCCC1. The molecule has 1 heteroatoms. The molecule has 0 aromatic rings. The fraction of sp³-hybridized carbons (Fsp3) is 0.867. The van der Waals surface area contributed by atoms with Crippen molar-refractivity contribution in [2.75, 3.05) is 0 Å². The van der Waals surface area contributed by atoms with Gasteiger partial charge in [-0.25, -0.2) is 0 Å². The van der Waals surface area contributed by atoms with Gasteiger partial charge in [0, 0.05) is 0 Å². The van der Waals surface area contributed by atoms with E-state index in [0.29, 0.717) is 0 Å². The maximum absolute atomic E-state index is 9.75. The number of hydrogen-bond donors (Lipinski definition) is 1. The Kier molecular flexibility index (Phi) is 8.51. The first-order chi connectivity index (χ1) is 7.89. The van der Waals surface area contributed by atoms with E-state index < -0.39 is 0 Å². The molecular weight excluding hydrogens is 196 g/mol. The summed E-state index contributed by atoms with van der Waals surface area (Å²) >= 11 is 0. The number of rotatable bonds is 0. The van der Waals surface area contributed by atoms with Crippen LogP contribution in [0.3, 0.4) is 0 Å². The van der Waals surface area contributed by atoms with E-state index in [1.165, 1.54) is 51.4 Å². The van der Waals surface area contributed by atoms with Crippen LogP contribution in [0.2, 0.25) is 0 Å². The summed E-state index contributed by atoms with van der Waals surface area (Å²) in [5.74, 6) is 0. The molecule has 0 aromatic carbocycles. The fourth-order valence-corrected chi connectivity index (χ4v) is 2.38. The quantitative estimate of drug-likeness (QED) is 0.596. The van der Waals surface area contributed by atoms with Gasteiger partial charge in [-0.05, 0) is 38.5 Å². The molecule has 0 saturated heterocycles. The summed E-state index contributed by atoms with van der Waals surface area (Å²) in [7, 11) is 0. The topological polar surface area (TPSA) is 20.2 Å². The number of allylic oxidation sites excluding steroid dienone is 2. The van der Waals surface area contributed by atoms with E-state index in [2.05, 4.69) is 12.2 Å². The Bertz CT molecular complexity index is 174. The zero-order valence-electron chi connectivity index (χ0n) is 10.7. The fourth-order valence-electron chi connectivity index (χ4n) is 2.38. The van der Waals surface area contributed by atoms with Crippen molar-refractivity contribution in [1.29, 1.82) is 0 Å². The predicted molar refractivity (Wildman–Crippen MR) is 70.6 cm³/mol. The summed E-state index contributed by atoms with van der Waals surface area (Å²) in [5.41, 5.74) is 0. The lowest BCUT2D eigenvalue weighted by Crippen LogP contribution is -2.05. The highest BCUT2D eigenvalue weighted by Gasteiger charge is 2.03. The maximum atomic E-state index is 9.75. The van der Waals surface area contributed by atoms with Gasteiger partial charge in [-0.1, -0.05) is 50.7 Å². The second kappa shape index (κ2) is 9.89. The van der Waals surface area contributed by atoms with Crippen LogP contribution in [0.1, 0.15) is 77.0 Å². The van der Waals surface area contributed by atoms with Gasteiger partial charge in [-0.15, -0.1) is 0 Å². The minimum Gasteiger partial charge on any atom is -0.393 e. The van der Waals surface area contributed by atoms with E-state index in [4.69, 9.17) is 0 Å². The molecule has 1 aliphatic carbocycles. The summed E-state index contributed by atoms with van der Waals surface area (Å²) in [6.45, 7) is 0. The van der Waals surface area contributed by atoms with Crippen LogP contribution >= 0.6 is 0 Å². The summed E-state index contributed by atoms with van der Waals surface area (Å²) < 4.78 is 0. The molecule has 0 amide bonds. The minimum atomic E-state index is -0.0430. The maximum Gasteiger partial charge on any atom is 0.0540 e. The van der Waals surface area contributed by atoms with Crippen LogP contribution < -0.4 is 0 Å². The normalized spacial score (nSPS) is 28.9. The Hall–Kier alpha value is -0.300. The minimum absolute atomic E-state index is 0.0430. The van der Waals surface area contributed by atoms with E-state index in [9.17, 15) is 5.11 Å². The second-order valence-corrected chi connectivity index (χ2v) is 5.11. The van der Waals surface area contributed by atoms with E-state index in [1.54, 1.807) is 0 Å². The van der Waals surface area contributed by atoms with Crippen molar-refractivity contribution in [2.24, 2.45) is 0 Å². The van der Waals surface area contributed by atoms with Crippen molar-refractivity contribution in [2.45, 2.75) is 83.2 Å². The van der Waals surface area contributed by atoms with E-state index >= 15 is 0 Å². The lowest BCUT2D eigenvalue weighted by molar-refractivity contribution is 0.148. The molecule has 1 atom stereocenters. The van der Waals surface area contributed by atoms with Crippen molar-refractivity contribution < 1.29 is 5.11 Å². The smallest absolute Gasteiger partial charge is 0.0540 e. The molecule has 0 fully saturated rings. The first-order valence-corrected chi connectivity index (χ1v) is 7.22. The van der Waals surface area contributed by atoms with Crippen molar-refractivity contribution in [1.82, 2.24) is 0 Å². The Morgan fingerprint density at radius 2 is 1.12 bits per heavy atom. The summed E-state index contributed by atoms with van der Waals surface area (Å²) in [5, 5.41) is 9.75. The number of aliphatic hydroxyl groups excluding tert-OH is 1. The van der Waals surface area contributed by atoms with Crippen LogP contribution in [-0.4, -0.2) is 11.2 Å². The molecule has 0 aliphatic heterocycles. The highest BCUT2D eigenvalue weighted by molar-refractivity contribution is 4.81. The van der Waals surface area contributed by atoms with Gasteiger partial charge in [-0.3, -0.25) is 0 Å². The molecule has 0 radical (unpaired) electrons. The third kappa shape index (κ3) is 7.92. The number of hydrogen-bond acceptors (Lipinski definition) is 1. The van der Waals surface area contributed by atoms with Crippen LogP contribution in [-0.2, 0) is 0 Å². The Balaban J connectivity index is 2.17. The second-order valence-electron chi connectivity index (χ2n) is 5.11. The zero-order chi connectivity index (χ0) is 11.5. The lowest BCUT2D eigenvalue weighted by atomic mass is 10.0. The molecule has 1 N–H and O–H groups in total. The van der Waals surface area contributed by atoms with Crippen LogP contribution in [0, 0.1) is 0 Å². The van der Waals surface area contributed by atoms with Crippen LogP contribution in [0.15, 0.2) is 12.2 Å². The van der Waals surface area contributed by atoms with Gasteiger partial charge < -0.3 is 5.11 Å². The average Bonchev–Trinajstić information content (AvgIpc) is 2.29. The molecule has 0 unspecified atom stereocenters. The summed E-state index contributed by atoms with van der Waals surface area (Å²) in [4.78, 5) is 0. The monoisotopic (exact) mass is 224 g/mol. The summed E-state index contributed by atoms with van der Waals surface area (Å²) in [6.07, 6.45) is 19.6. The first kappa shape index (κ1) is 13.8. The Morgan fingerprint density at radius 1 is 0.625 bits per heavy atom. The van der Waals surface area contributed by atoms with Crippen LogP contribution in [0.4, 0.5) is 0 Å². The predicted octanol–water partition coefficient (Wildman–Crippen LogP) is 4.60. The molecule has 1 aliphatic rings. The highest BCUT2D eigenvalue weighted by atomic mass is 16.3. The molecule has 94 valence electrons. The molecular formula is C15H28O. The molecule has 0 saturated carbocycles. The first-order valence-electron chi connectivity index (χ1n) is 7.22. The van der Waals surface area contributed by atoms with Crippen molar-refractivity contribution in [3.63, 3.8) is 0 Å². The summed E-state index contributed by atoms with van der Waals surface area (Å²) in [6, 6.07) is 0. The molecule has 1 nitrogen and oxygen atoms in total. The molecule has 0 aromatic heterocycles. The van der Waals surface area contributed by atoms with Gasteiger partial charge in [0.2, 0.25) is 0 Å². The van der Waals surface area contributed by atoms with Gasteiger partial charge in [0.15, 0.2) is 0 Å². The van der Waals surface area contributed by atoms with Gasteiger partial charge in [0.1, 0.15) is 0 Å². The third-order valence-corrected chi connectivity index (χ3v) is 3.48. The highest BCUT2D eigenvalue weighted by Crippen LogP contribution is 2.14. The Labute approximate surface area is 101 Å². The zero-order valence-corrected chi connectivity index (χ0v) is 10.7. The molecule has 0 spiro atoms. The van der Waals surface area contributed by atoms with Crippen LogP contribution in [0.25, 0.3) is 0 Å². The van der Waals surface area contributed by atoms with E-state index in [1.807, 2.05) is 0 Å². The van der Waals surface area contributed by atoms with Gasteiger partial charge in [0.25, 0.3) is 0 Å². The van der Waals surface area contributed by atoms with Gasteiger partial charge >= 0.3 is 0 Å². The molecule has 16 heavy (non-hydrogen) atoms. The third-order valence-electron chi connectivity index (χ3n) is 3.48. The average molecular weight is 224 g/mol. The molecule has 0 heterocycles. The molecule has 1 rings (SSSR count). The van der Waals surface area contributed by atoms with E-state index in [-0.39, 0.29) is 6.10 Å². The number of aliphatic hydroxyl groups is 1. The largest absolute Gasteiger partial charge is 0.393 e. The van der Waals surface area contributed by atoms with Crippen molar-refractivity contribution in [3.05, 3.63) is 12.2 Å². The van der Waals surface area contributed by atoms with Crippen molar-refractivity contribution in [3.8, 4) is 0 Å². The van der Waals surface area contributed by atoms with E-state index in [0.717, 1.165) is 25.7 Å². The van der Waals surface area contributed by atoms with Crippen molar-refractivity contribution >= 4 is 0 Å². The van der Waals surface area contributed by atoms with Crippen LogP contribution in [0.5, 0.6) is 0 Å². The van der Waals surface area contributed by atoms with Gasteiger partial charge in [0.05, 0.1) is 6.10 Å². The Morgan fingerprint density at radius 3 is 1.88 bits per heavy atom. The lowest BCUT2D eigenvalue weighted by Gasteiger charge is -2.09. The van der Waals surface area contributed by atoms with Gasteiger partial charge in [-0.2, -0.15) is 0 Å². The molecule has 0 bridgehead atoms.